The van der Waals surface area contributed by atoms with Gasteiger partial charge in [-0.25, -0.2) is 0 Å². The lowest BCUT2D eigenvalue weighted by Gasteiger charge is -2.29. The van der Waals surface area contributed by atoms with Gasteiger partial charge < -0.3 is 81.6 Å². The van der Waals surface area contributed by atoms with Crippen LogP contribution in [-0.4, -0.2) is 166 Å². The molecule has 0 unspecified atom stereocenters. The summed E-state index contributed by atoms with van der Waals surface area (Å²) >= 11 is 0. The fourth-order valence-electron chi connectivity index (χ4n) is 8.11. The molecule has 78 heavy (non-hydrogen) atoms. The van der Waals surface area contributed by atoms with E-state index in [0.29, 0.717) is 37.9 Å². The van der Waals surface area contributed by atoms with E-state index in [4.69, 9.17) is 28.7 Å². The molecule has 30 heteroatoms. The van der Waals surface area contributed by atoms with Crippen molar-refractivity contribution in [3.05, 3.63) is 11.9 Å². The van der Waals surface area contributed by atoms with Crippen molar-refractivity contribution in [1.29, 1.82) is 0 Å². The molecule has 30 nitrogen and oxygen atoms in total. The summed E-state index contributed by atoms with van der Waals surface area (Å²) in [6.07, 6.45) is 3.65. The molecular weight excluding hydrogens is 1020 g/mol. The van der Waals surface area contributed by atoms with Crippen LogP contribution < -0.4 is 76.5 Å². The minimum absolute atomic E-state index is 0.00739. The molecule has 1 aliphatic rings. The third kappa shape index (κ3) is 25.1. The SMILES string of the molecule is CC[C@H](C)[C@@H]1NC(=O)[C@H](CO)NC(=O)[C@@H](NC(=O)CNC(=O)[C@H](CCCCN)NC(C)=O)CCCCc2cn(nn2)CC[C@@H](C(=O)N[C@@H](CC(C)C)C(=O)N[C@@H](CCCN=C(N)N)C(N)=O)NC(=O)[C@H](CCC(N)=O)NC1=O. The lowest BCUT2D eigenvalue weighted by molar-refractivity contribution is -0.137. The van der Waals surface area contributed by atoms with Crippen LogP contribution in [0.1, 0.15) is 124 Å². The molecule has 20 N–H and O–H groups in total. The third-order valence-corrected chi connectivity index (χ3v) is 12.6. The Morgan fingerprint density at radius 2 is 1.49 bits per heavy atom. The summed E-state index contributed by atoms with van der Waals surface area (Å²) in [5.41, 5.74) is 27.9. The number of nitrogens with one attached hydrogen (secondary N) is 9. The average molecular weight is 1110 g/mol. The van der Waals surface area contributed by atoms with Gasteiger partial charge in [0, 0.05) is 32.6 Å². The molecule has 0 saturated heterocycles. The first-order valence-corrected chi connectivity index (χ1v) is 26.4. The first-order valence-electron chi connectivity index (χ1n) is 26.4. The van der Waals surface area contributed by atoms with Crippen molar-refractivity contribution >= 4 is 70.9 Å². The molecule has 1 aliphatic heterocycles. The standard InChI is InChI=1S/C48H84N18O12/c1-6-27(4)39-47(78)60-33(16-17-37(50)69)43(74)59-34(44(75)61-35(22-26(2)3)45(76)58-30(40(51)71)15-11-20-54-48(52)53)18-21-66-24-29(64-65-66)12-7-8-13-32(42(73)62-36(25-67)46(77)63-39)57-38(70)23-55-41(72)31(56-28(5)68)14-9-10-19-49/h24,26-27,30-36,39,67H,6-23,25,49H2,1-5H3,(H2,50,69)(H2,51,71)(H,55,72)(H,56,68)(H,57,70)(H,58,76)(H,59,74)(H,60,78)(H,61,75)(H,62,73)(H,63,77)(H4,52,53,54)/t27-,30-,31-,32-,33-,34-,35-,36-,39-/m0/s1. The molecule has 2 bridgehead atoms. The summed E-state index contributed by atoms with van der Waals surface area (Å²) in [7, 11) is 0. The lowest BCUT2D eigenvalue weighted by atomic mass is 9.97. The molecule has 0 spiro atoms. The summed E-state index contributed by atoms with van der Waals surface area (Å²) in [4.78, 5) is 151. The number of fused-ring (bicyclic) bond motifs is 2. The van der Waals surface area contributed by atoms with Gasteiger partial charge in [0.15, 0.2) is 5.96 Å². The zero-order valence-corrected chi connectivity index (χ0v) is 45.4. The van der Waals surface area contributed by atoms with E-state index in [1.165, 1.54) is 11.6 Å². The first-order chi connectivity index (χ1) is 36.9. The van der Waals surface area contributed by atoms with Crippen molar-refractivity contribution in [2.24, 2.45) is 45.5 Å². The molecule has 11 amide bonds. The lowest BCUT2D eigenvalue weighted by Crippen LogP contribution is -2.61. The Morgan fingerprint density at radius 3 is 2.10 bits per heavy atom. The zero-order valence-electron chi connectivity index (χ0n) is 45.4. The van der Waals surface area contributed by atoms with Gasteiger partial charge in [-0.2, -0.15) is 0 Å². The minimum atomic E-state index is -1.68. The van der Waals surface area contributed by atoms with Crippen molar-refractivity contribution < 1.29 is 57.8 Å². The molecule has 0 aliphatic carbocycles. The number of aryl methyl sites for hydroxylation is 2. The van der Waals surface area contributed by atoms with Crippen LogP contribution in [-0.2, 0) is 65.7 Å². The van der Waals surface area contributed by atoms with E-state index in [0.717, 1.165) is 0 Å². The quantitative estimate of drug-likeness (QED) is 0.0234. The number of aromatic nitrogens is 3. The number of nitrogens with two attached hydrogens (primary N) is 5. The maximum atomic E-state index is 14.4. The monoisotopic (exact) mass is 1100 g/mol. The van der Waals surface area contributed by atoms with E-state index in [1.807, 2.05) is 0 Å². The van der Waals surface area contributed by atoms with Gasteiger partial charge in [-0.3, -0.25) is 62.4 Å². The largest absolute Gasteiger partial charge is 0.394 e. The number of aliphatic hydroxyl groups excluding tert-OH is 1. The molecule has 9 atom stereocenters. The van der Waals surface area contributed by atoms with Gasteiger partial charge in [0.25, 0.3) is 0 Å². The zero-order chi connectivity index (χ0) is 58.5. The fourth-order valence-corrected chi connectivity index (χ4v) is 8.11. The highest BCUT2D eigenvalue weighted by Gasteiger charge is 2.36. The van der Waals surface area contributed by atoms with Gasteiger partial charge in [0.1, 0.15) is 48.3 Å². The number of aliphatic hydroxyl groups is 1. The van der Waals surface area contributed by atoms with Crippen LogP contribution >= 0.6 is 0 Å². The number of guanidine groups is 1. The number of carbonyl (C=O) groups is 11. The van der Waals surface area contributed by atoms with E-state index in [2.05, 4.69) is 63.2 Å². The molecule has 438 valence electrons. The number of hydrogen-bond acceptors (Lipinski definition) is 16. The van der Waals surface area contributed by atoms with Gasteiger partial charge in [-0.15, -0.1) is 5.10 Å². The predicted molar refractivity (Wildman–Crippen MR) is 283 cm³/mol. The van der Waals surface area contributed by atoms with Gasteiger partial charge in [0.2, 0.25) is 65.0 Å². The highest BCUT2D eigenvalue weighted by Crippen LogP contribution is 2.14. The Labute approximate surface area is 453 Å². The van der Waals surface area contributed by atoms with E-state index in [1.54, 1.807) is 33.9 Å². The second-order valence-corrected chi connectivity index (χ2v) is 19.7. The van der Waals surface area contributed by atoms with Crippen LogP contribution in [0.4, 0.5) is 0 Å². The Hall–Kier alpha value is -7.50. The summed E-state index contributed by atoms with van der Waals surface area (Å²) in [5, 5.41) is 41.8. The summed E-state index contributed by atoms with van der Waals surface area (Å²) in [6.45, 7) is 7.08. The van der Waals surface area contributed by atoms with Crippen LogP contribution in [0.15, 0.2) is 11.2 Å². The Balaban J connectivity index is 2.57. The second kappa shape index (κ2) is 35.0. The Kier molecular flexibility index (Phi) is 29.9. The number of amides is 11. The van der Waals surface area contributed by atoms with Crippen molar-refractivity contribution in [2.45, 2.75) is 179 Å². The molecule has 2 rings (SSSR count). The van der Waals surface area contributed by atoms with Crippen molar-refractivity contribution in [1.82, 2.24) is 62.8 Å². The topological polar surface area (TPSA) is 489 Å². The molecular formula is C48H84N18O12. The highest BCUT2D eigenvalue weighted by molar-refractivity contribution is 5.98. The number of unbranched alkanes of at least 4 members (excludes halogenated alkanes) is 1. The maximum absolute atomic E-state index is 14.4. The average Bonchev–Trinajstić information content (AvgIpc) is 3.84. The van der Waals surface area contributed by atoms with E-state index in [9.17, 15) is 57.8 Å². The summed E-state index contributed by atoms with van der Waals surface area (Å²) < 4.78 is 1.41. The number of rotatable bonds is 26. The Bertz CT molecular complexity index is 2220. The molecule has 1 aromatic heterocycles. The normalized spacial score (nSPS) is 20.4. The minimum Gasteiger partial charge on any atom is -0.394 e. The maximum Gasteiger partial charge on any atom is 0.245 e. The number of primary amides is 2. The van der Waals surface area contributed by atoms with Crippen LogP contribution in [0.25, 0.3) is 0 Å². The van der Waals surface area contributed by atoms with Crippen molar-refractivity contribution in [3.63, 3.8) is 0 Å². The van der Waals surface area contributed by atoms with Gasteiger partial charge in [-0.1, -0.05) is 45.7 Å². The van der Waals surface area contributed by atoms with Crippen LogP contribution in [0.3, 0.4) is 0 Å². The van der Waals surface area contributed by atoms with Crippen molar-refractivity contribution in [3.8, 4) is 0 Å². The van der Waals surface area contributed by atoms with Gasteiger partial charge in [0.05, 0.1) is 18.8 Å². The smallest absolute Gasteiger partial charge is 0.245 e. The molecule has 2 heterocycles. The second-order valence-electron chi connectivity index (χ2n) is 19.7. The van der Waals surface area contributed by atoms with Gasteiger partial charge >= 0.3 is 0 Å². The molecule has 0 fully saturated rings. The van der Waals surface area contributed by atoms with E-state index < -0.39 is 139 Å². The molecule has 0 radical (unpaired) electrons. The highest BCUT2D eigenvalue weighted by atomic mass is 16.3. The number of aliphatic imine (C=N–C) groups is 1. The van der Waals surface area contributed by atoms with Crippen molar-refractivity contribution in [2.75, 3.05) is 26.2 Å². The van der Waals surface area contributed by atoms with Crippen LogP contribution in [0, 0.1) is 11.8 Å². The van der Waals surface area contributed by atoms with Crippen LogP contribution in [0.5, 0.6) is 0 Å². The predicted octanol–water partition coefficient (Wildman–Crippen LogP) is -5.57. The number of nitrogens with zero attached hydrogens (tertiary/aromatic N) is 4. The van der Waals surface area contributed by atoms with E-state index >= 15 is 0 Å². The van der Waals surface area contributed by atoms with E-state index in [-0.39, 0.29) is 82.8 Å². The fraction of sp³-hybridized carbons (Fsp3) is 0.708. The molecule has 0 saturated carbocycles. The summed E-state index contributed by atoms with van der Waals surface area (Å²) in [5.74, 6) is -9.96. The third-order valence-electron chi connectivity index (χ3n) is 12.6. The Morgan fingerprint density at radius 1 is 0.808 bits per heavy atom. The molecule has 0 aromatic carbocycles. The first kappa shape index (κ1) is 66.6. The molecule has 1 aromatic rings. The number of hydrogen-bond donors (Lipinski definition) is 15. The summed E-state index contributed by atoms with van der Waals surface area (Å²) in [6, 6.07) is -10.8. The van der Waals surface area contributed by atoms with Crippen LogP contribution in [0.2, 0.25) is 0 Å². The number of carbonyl (C=O) groups excluding carboxylic acids is 11. The van der Waals surface area contributed by atoms with Gasteiger partial charge in [-0.05, 0) is 89.0 Å².